The first kappa shape index (κ1) is 13.5. The van der Waals surface area contributed by atoms with Gasteiger partial charge in [-0.05, 0) is 18.6 Å². The Bertz CT molecular complexity index is 658. The normalized spacial score (nSPS) is 10.8. The molecule has 2 rings (SSSR count). The van der Waals surface area contributed by atoms with E-state index in [4.69, 9.17) is 16.3 Å². The van der Waals surface area contributed by atoms with E-state index >= 15 is 0 Å². The summed E-state index contributed by atoms with van der Waals surface area (Å²) in [4.78, 5) is 11.6. The summed E-state index contributed by atoms with van der Waals surface area (Å²) in [5.74, 6) is -0.404. The van der Waals surface area contributed by atoms with Gasteiger partial charge in [-0.15, -0.1) is 5.10 Å². The van der Waals surface area contributed by atoms with E-state index in [1.165, 1.54) is 12.1 Å². The fourth-order valence-corrected chi connectivity index (χ4v) is 1.67. The molecule has 0 fully saturated rings. The number of aromatic nitrogens is 2. The zero-order chi connectivity index (χ0) is 14.0. The van der Waals surface area contributed by atoms with Crippen LogP contribution in [0.25, 0.3) is 0 Å². The number of H-pyrrole nitrogens is 1. The molecule has 7 heteroatoms. The van der Waals surface area contributed by atoms with Gasteiger partial charge in [-0.3, -0.25) is 9.89 Å². The van der Waals surface area contributed by atoms with Crippen molar-refractivity contribution in [1.29, 1.82) is 0 Å². The molecule has 100 valence electrons. The summed E-state index contributed by atoms with van der Waals surface area (Å²) in [5.41, 5.74) is -0.405. The van der Waals surface area contributed by atoms with Crippen LogP contribution < -0.4 is 10.2 Å². The Morgan fingerprint density at radius 2 is 2.16 bits per heavy atom. The summed E-state index contributed by atoms with van der Waals surface area (Å²) in [6, 6.07) is 5.38. The monoisotopic (exact) mass is 286 g/mol. The Morgan fingerprint density at radius 1 is 1.42 bits per heavy atom. The van der Waals surface area contributed by atoms with Gasteiger partial charge in [0.25, 0.3) is 12.3 Å². The molecule has 0 aliphatic carbocycles. The molecule has 4 nitrogen and oxygen atoms in total. The average Bonchev–Trinajstić information content (AvgIpc) is 2.34. The van der Waals surface area contributed by atoms with Crippen LogP contribution >= 0.6 is 11.6 Å². The first-order valence-electron chi connectivity index (χ1n) is 5.30. The second-order valence-electron chi connectivity index (χ2n) is 3.78. The Kier molecular flexibility index (Phi) is 3.80. The number of aryl methyl sites for hydroxylation is 1. The van der Waals surface area contributed by atoms with E-state index in [0.29, 0.717) is 5.56 Å². The molecule has 1 aromatic heterocycles. The van der Waals surface area contributed by atoms with Gasteiger partial charge in [-0.1, -0.05) is 23.7 Å². The Balaban J connectivity index is 2.46. The molecular weight excluding hydrogens is 278 g/mol. The first-order chi connectivity index (χ1) is 8.99. The lowest BCUT2D eigenvalue weighted by atomic mass is 10.1. The molecule has 1 heterocycles. The maximum atomic E-state index is 12.9. The van der Waals surface area contributed by atoms with E-state index in [1.807, 2.05) is 0 Å². The molecule has 0 unspecified atom stereocenters. The molecule has 0 atom stereocenters. The summed E-state index contributed by atoms with van der Waals surface area (Å²) >= 11 is 5.54. The molecule has 0 saturated carbocycles. The second-order valence-corrected chi connectivity index (χ2v) is 4.19. The van der Waals surface area contributed by atoms with Gasteiger partial charge in [0.1, 0.15) is 10.9 Å². The van der Waals surface area contributed by atoms with Crippen molar-refractivity contribution in [1.82, 2.24) is 10.2 Å². The predicted molar refractivity (Wildman–Crippen MR) is 66.1 cm³/mol. The van der Waals surface area contributed by atoms with Gasteiger partial charge in [0.2, 0.25) is 5.43 Å². The van der Waals surface area contributed by atoms with Gasteiger partial charge in [-0.25, -0.2) is 8.78 Å². The second kappa shape index (κ2) is 5.36. The fourth-order valence-electron chi connectivity index (χ4n) is 1.52. The van der Waals surface area contributed by atoms with Crippen molar-refractivity contribution in [3.8, 4) is 11.6 Å². The van der Waals surface area contributed by atoms with Crippen LogP contribution in [-0.4, -0.2) is 10.2 Å². The number of hydrogen-bond acceptors (Lipinski definition) is 3. The van der Waals surface area contributed by atoms with Gasteiger partial charge in [0.15, 0.2) is 0 Å². The number of aromatic amines is 1. The largest absolute Gasteiger partial charge is 0.434 e. The maximum Gasteiger partial charge on any atom is 0.285 e. The minimum atomic E-state index is -2.71. The third kappa shape index (κ3) is 2.90. The van der Waals surface area contributed by atoms with Crippen LogP contribution in [0.1, 0.15) is 17.6 Å². The van der Waals surface area contributed by atoms with E-state index in [2.05, 4.69) is 10.2 Å². The molecule has 0 aliphatic rings. The van der Waals surface area contributed by atoms with Crippen LogP contribution in [0.5, 0.6) is 11.6 Å². The number of benzene rings is 1. The molecule has 0 bridgehead atoms. The van der Waals surface area contributed by atoms with Crippen molar-refractivity contribution in [3.63, 3.8) is 0 Å². The van der Waals surface area contributed by atoms with Crippen LogP contribution in [0.4, 0.5) is 8.78 Å². The summed E-state index contributed by atoms with van der Waals surface area (Å²) < 4.78 is 30.9. The molecule has 0 spiro atoms. The van der Waals surface area contributed by atoms with Gasteiger partial charge in [0, 0.05) is 6.07 Å². The highest BCUT2D eigenvalue weighted by Gasteiger charge is 2.18. The van der Waals surface area contributed by atoms with Gasteiger partial charge in [0.05, 0.1) is 5.56 Å². The number of para-hydroxylation sites is 1. The van der Waals surface area contributed by atoms with Crippen molar-refractivity contribution >= 4 is 11.6 Å². The molecule has 0 aliphatic heterocycles. The minimum Gasteiger partial charge on any atom is -0.434 e. The summed E-state index contributed by atoms with van der Waals surface area (Å²) in [6.45, 7) is 1.60. The molecule has 0 saturated heterocycles. The topological polar surface area (TPSA) is 55.0 Å². The van der Waals surface area contributed by atoms with Crippen LogP contribution in [0.2, 0.25) is 5.15 Å². The van der Waals surface area contributed by atoms with Gasteiger partial charge >= 0.3 is 0 Å². The fraction of sp³-hybridized carbons (Fsp3) is 0.167. The number of alkyl halides is 2. The van der Waals surface area contributed by atoms with E-state index < -0.39 is 11.9 Å². The first-order valence-corrected chi connectivity index (χ1v) is 5.67. The van der Waals surface area contributed by atoms with E-state index in [9.17, 15) is 13.6 Å². The maximum absolute atomic E-state index is 12.9. The van der Waals surface area contributed by atoms with Crippen LogP contribution in [0.3, 0.4) is 0 Å². The van der Waals surface area contributed by atoms with Crippen molar-refractivity contribution in [2.24, 2.45) is 0 Å². The van der Waals surface area contributed by atoms with Gasteiger partial charge < -0.3 is 4.74 Å². The molecular formula is C12H9ClF2N2O2. The molecule has 2 aromatic rings. The highest BCUT2D eigenvalue weighted by Crippen LogP contribution is 2.33. The zero-order valence-electron chi connectivity index (χ0n) is 9.78. The van der Waals surface area contributed by atoms with Crippen LogP contribution in [0.15, 0.2) is 29.1 Å². The highest BCUT2D eigenvalue weighted by molar-refractivity contribution is 6.29. The average molecular weight is 287 g/mol. The number of hydrogen-bond donors (Lipinski definition) is 1. The van der Waals surface area contributed by atoms with Crippen LogP contribution in [-0.2, 0) is 0 Å². The molecule has 19 heavy (non-hydrogen) atoms. The van der Waals surface area contributed by atoms with Crippen molar-refractivity contribution in [3.05, 3.63) is 50.8 Å². The summed E-state index contributed by atoms with van der Waals surface area (Å²) in [6.07, 6.45) is -2.71. The highest BCUT2D eigenvalue weighted by atomic mass is 35.5. The molecule has 1 N–H and O–H groups in total. The lowest BCUT2D eigenvalue weighted by Crippen LogP contribution is -2.09. The predicted octanol–water partition coefficient (Wildman–Crippen LogP) is 3.46. The van der Waals surface area contributed by atoms with E-state index in [-0.39, 0.29) is 22.3 Å². The minimum absolute atomic E-state index is 0.0382. The summed E-state index contributed by atoms with van der Waals surface area (Å²) in [5, 5.41) is 5.95. The Morgan fingerprint density at radius 3 is 2.79 bits per heavy atom. The Labute approximate surface area is 112 Å². The number of halogens is 3. The van der Waals surface area contributed by atoms with Crippen molar-refractivity contribution in [2.75, 3.05) is 0 Å². The molecule has 0 radical (unpaired) electrons. The van der Waals surface area contributed by atoms with E-state index in [0.717, 1.165) is 6.07 Å². The standard InChI is InChI=1S/C12H9ClF2N2O2/c1-6-3-2-4-7(11(14)15)10(6)19-12-8(18)5-9(13)16-17-12/h2-5,11H,1H3,(H,16,18). The number of nitrogens with zero attached hydrogens (tertiary/aromatic N) is 1. The third-order valence-corrected chi connectivity index (χ3v) is 2.60. The van der Waals surface area contributed by atoms with Crippen molar-refractivity contribution < 1.29 is 13.5 Å². The number of ether oxygens (including phenoxy) is 1. The SMILES string of the molecule is Cc1cccc(C(F)F)c1Oc1n[nH]c(Cl)cc1=O. The zero-order valence-corrected chi connectivity index (χ0v) is 10.5. The molecule has 1 aromatic carbocycles. The van der Waals surface area contributed by atoms with Crippen LogP contribution in [0, 0.1) is 6.92 Å². The number of rotatable bonds is 3. The van der Waals surface area contributed by atoms with Crippen molar-refractivity contribution in [2.45, 2.75) is 13.3 Å². The smallest absolute Gasteiger partial charge is 0.285 e. The Hall–Kier alpha value is -1.95. The van der Waals surface area contributed by atoms with E-state index in [1.54, 1.807) is 13.0 Å². The molecule has 0 amide bonds. The lowest BCUT2D eigenvalue weighted by molar-refractivity contribution is 0.147. The lowest BCUT2D eigenvalue weighted by Gasteiger charge is -2.11. The summed E-state index contributed by atoms with van der Waals surface area (Å²) in [7, 11) is 0. The quantitative estimate of drug-likeness (QED) is 0.940. The number of nitrogens with one attached hydrogen (secondary N) is 1. The third-order valence-electron chi connectivity index (χ3n) is 2.41. The van der Waals surface area contributed by atoms with Gasteiger partial charge in [-0.2, -0.15) is 0 Å².